The Morgan fingerprint density at radius 1 is 1.37 bits per heavy atom. The summed E-state index contributed by atoms with van der Waals surface area (Å²) < 4.78 is 0. The smallest absolute Gasteiger partial charge is 0.226 e. The van der Waals surface area contributed by atoms with Crippen LogP contribution >= 0.6 is 0 Å². The number of aromatic nitrogens is 1. The molecular formula is C15H20N2O2. The first kappa shape index (κ1) is 13.6. The minimum absolute atomic E-state index is 0.00637. The van der Waals surface area contributed by atoms with Crippen molar-refractivity contribution < 1.29 is 9.90 Å². The van der Waals surface area contributed by atoms with E-state index < -0.39 is 5.60 Å². The Morgan fingerprint density at radius 3 is 2.74 bits per heavy atom. The summed E-state index contributed by atoms with van der Waals surface area (Å²) in [5, 5.41) is 10.8. The third-order valence-electron chi connectivity index (χ3n) is 3.07. The van der Waals surface area contributed by atoms with Gasteiger partial charge in [0.15, 0.2) is 0 Å². The summed E-state index contributed by atoms with van der Waals surface area (Å²) in [5.74, 6) is 0.00637. The second-order valence-corrected chi connectivity index (χ2v) is 5.60. The van der Waals surface area contributed by atoms with Gasteiger partial charge in [-0.1, -0.05) is 18.2 Å². The van der Waals surface area contributed by atoms with E-state index in [2.05, 4.69) is 4.98 Å². The van der Waals surface area contributed by atoms with Crippen LogP contribution in [0.2, 0.25) is 0 Å². The van der Waals surface area contributed by atoms with Crippen molar-refractivity contribution in [2.75, 3.05) is 13.6 Å². The van der Waals surface area contributed by atoms with Gasteiger partial charge in [0.25, 0.3) is 0 Å². The van der Waals surface area contributed by atoms with Crippen LogP contribution in [0.1, 0.15) is 19.4 Å². The fraction of sp³-hybridized carbons (Fsp3) is 0.400. The lowest BCUT2D eigenvalue weighted by molar-refractivity contribution is -0.131. The lowest BCUT2D eigenvalue weighted by Crippen LogP contribution is -2.40. The first-order chi connectivity index (χ1) is 8.87. The van der Waals surface area contributed by atoms with Gasteiger partial charge < -0.3 is 15.0 Å². The van der Waals surface area contributed by atoms with Crippen LogP contribution in [0.5, 0.6) is 0 Å². The summed E-state index contributed by atoms with van der Waals surface area (Å²) >= 11 is 0. The molecule has 2 aromatic rings. The number of nitrogens with one attached hydrogen (secondary N) is 1. The van der Waals surface area contributed by atoms with E-state index in [1.165, 1.54) is 0 Å². The van der Waals surface area contributed by atoms with Gasteiger partial charge in [-0.15, -0.1) is 0 Å². The number of aliphatic hydroxyl groups is 1. The molecule has 2 rings (SSSR count). The number of likely N-dealkylation sites (N-methyl/N-ethyl adjacent to an activating group) is 1. The molecule has 0 aliphatic heterocycles. The van der Waals surface area contributed by atoms with E-state index in [9.17, 15) is 9.90 Å². The van der Waals surface area contributed by atoms with Crippen LogP contribution in [0.4, 0.5) is 0 Å². The third-order valence-corrected chi connectivity index (χ3v) is 3.07. The SMILES string of the molecule is CN(CC(C)(C)O)C(=O)Cc1c[nH]c2ccccc12. The van der Waals surface area contributed by atoms with Crippen molar-refractivity contribution in [2.45, 2.75) is 25.9 Å². The first-order valence-corrected chi connectivity index (χ1v) is 6.38. The molecular weight excluding hydrogens is 240 g/mol. The van der Waals surface area contributed by atoms with Crippen LogP contribution in [0.15, 0.2) is 30.5 Å². The lowest BCUT2D eigenvalue weighted by Gasteiger charge is -2.25. The fourth-order valence-corrected chi connectivity index (χ4v) is 2.24. The zero-order valence-electron chi connectivity index (χ0n) is 11.6. The Labute approximate surface area is 113 Å². The average molecular weight is 260 g/mol. The summed E-state index contributed by atoms with van der Waals surface area (Å²) in [6.45, 7) is 3.72. The number of fused-ring (bicyclic) bond motifs is 1. The lowest BCUT2D eigenvalue weighted by atomic mass is 10.1. The number of aromatic amines is 1. The molecule has 102 valence electrons. The zero-order chi connectivity index (χ0) is 14.0. The van der Waals surface area contributed by atoms with E-state index in [1.54, 1.807) is 25.8 Å². The predicted octanol–water partition coefficient (Wildman–Crippen LogP) is 1.94. The van der Waals surface area contributed by atoms with Gasteiger partial charge in [0.05, 0.1) is 12.0 Å². The normalized spacial score (nSPS) is 11.8. The van der Waals surface area contributed by atoms with E-state index in [-0.39, 0.29) is 5.91 Å². The van der Waals surface area contributed by atoms with Gasteiger partial charge in [-0.3, -0.25) is 4.79 Å². The Balaban J connectivity index is 2.11. The van der Waals surface area contributed by atoms with Crippen LogP contribution < -0.4 is 0 Å². The maximum Gasteiger partial charge on any atom is 0.226 e. The van der Waals surface area contributed by atoms with Gasteiger partial charge in [-0.05, 0) is 25.5 Å². The summed E-state index contributed by atoms with van der Waals surface area (Å²) in [5.41, 5.74) is 1.16. The van der Waals surface area contributed by atoms with Crippen molar-refractivity contribution in [2.24, 2.45) is 0 Å². The van der Waals surface area contributed by atoms with Gasteiger partial charge in [-0.25, -0.2) is 0 Å². The molecule has 0 saturated heterocycles. The van der Waals surface area contributed by atoms with E-state index in [4.69, 9.17) is 0 Å². The Bertz CT molecular complexity index is 581. The molecule has 1 heterocycles. The zero-order valence-corrected chi connectivity index (χ0v) is 11.6. The minimum Gasteiger partial charge on any atom is -0.389 e. The Morgan fingerprint density at radius 2 is 2.05 bits per heavy atom. The number of H-pyrrole nitrogens is 1. The van der Waals surface area contributed by atoms with Crippen molar-refractivity contribution in [3.05, 3.63) is 36.0 Å². The average Bonchev–Trinajstić information content (AvgIpc) is 2.70. The predicted molar refractivity (Wildman–Crippen MR) is 75.9 cm³/mol. The molecule has 0 aliphatic rings. The molecule has 1 aromatic heterocycles. The monoisotopic (exact) mass is 260 g/mol. The molecule has 0 saturated carbocycles. The minimum atomic E-state index is -0.870. The van der Waals surface area contributed by atoms with E-state index >= 15 is 0 Å². The molecule has 0 unspecified atom stereocenters. The Kier molecular flexibility index (Phi) is 3.62. The van der Waals surface area contributed by atoms with Crippen LogP contribution in [-0.4, -0.2) is 40.1 Å². The number of rotatable bonds is 4. The second kappa shape index (κ2) is 5.05. The number of hydrogen-bond donors (Lipinski definition) is 2. The number of carbonyl (C=O) groups excluding carboxylic acids is 1. The molecule has 4 heteroatoms. The molecule has 0 fully saturated rings. The van der Waals surface area contributed by atoms with Gasteiger partial charge in [0.2, 0.25) is 5.91 Å². The van der Waals surface area contributed by atoms with Gasteiger partial charge >= 0.3 is 0 Å². The highest BCUT2D eigenvalue weighted by Crippen LogP contribution is 2.18. The maximum atomic E-state index is 12.1. The third kappa shape index (κ3) is 3.35. The maximum absolute atomic E-state index is 12.1. The van der Waals surface area contributed by atoms with Crippen molar-refractivity contribution in [1.29, 1.82) is 0 Å². The number of nitrogens with zero attached hydrogens (tertiary/aromatic N) is 1. The van der Waals surface area contributed by atoms with Crippen molar-refractivity contribution >= 4 is 16.8 Å². The summed E-state index contributed by atoms with van der Waals surface area (Å²) in [6.07, 6.45) is 2.22. The molecule has 0 spiro atoms. The van der Waals surface area contributed by atoms with E-state index in [0.29, 0.717) is 13.0 Å². The van der Waals surface area contributed by atoms with Crippen molar-refractivity contribution in [3.8, 4) is 0 Å². The second-order valence-electron chi connectivity index (χ2n) is 5.60. The standard InChI is InChI=1S/C15H20N2O2/c1-15(2,19)10-17(3)14(18)8-11-9-16-13-7-5-4-6-12(11)13/h4-7,9,16,19H,8,10H2,1-3H3. The van der Waals surface area contributed by atoms with E-state index in [1.807, 2.05) is 30.5 Å². The highest BCUT2D eigenvalue weighted by molar-refractivity contribution is 5.88. The number of benzene rings is 1. The molecule has 0 radical (unpaired) electrons. The number of hydrogen-bond acceptors (Lipinski definition) is 2. The molecule has 0 bridgehead atoms. The summed E-state index contributed by atoms with van der Waals surface area (Å²) in [6, 6.07) is 7.92. The number of para-hydroxylation sites is 1. The van der Waals surface area contributed by atoms with Crippen molar-refractivity contribution in [3.63, 3.8) is 0 Å². The van der Waals surface area contributed by atoms with Gasteiger partial charge in [0, 0.05) is 30.7 Å². The van der Waals surface area contributed by atoms with Crippen LogP contribution in [0.3, 0.4) is 0 Å². The molecule has 0 aliphatic carbocycles. The summed E-state index contributed by atoms with van der Waals surface area (Å²) in [4.78, 5) is 16.9. The fourth-order valence-electron chi connectivity index (χ4n) is 2.24. The quantitative estimate of drug-likeness (QED) is 0.882. The Hall–Kier alpha value is -1.81. The molecule has 4 nitrogen and oxygen atoms in total. The largest absolute Gasteiger partial charge is 0.389 e. The van der Waals surface area contributed by atoms with Crippen LogP contribution in [0, 0.1) is 0 Å². The number of carbonyl (C=O) groups is 1. The molecule has 1 amide bonds. The number of amides is 1. The molecule has 1 aromatic carbocycles. The topological polar surface area (TPSA) is 56.3 Å². The van der Waals surface area contributed by atoms with Gasteiger partial charge in [-0.2, -0.15) is 0 Å². The van der Waals surface area contributed by atoms with Crippen LogP contribution in [0.25, 0.3) is 10.9 Å². The first-order valence-electron chi connectivity index (χ1n) is 6.38. The van der Waals surface area contributed by atoms with Crippen LogP contribution in [-0.2, 0) is 11.2 Å². The molecule has 2 N–H and O–H groups in total. The van der Waals surface area contributed by atoms with Crippen molar-refractivity contribution in [1.82, 2.24) is 9.88 Å². The summed E-state index contributed by atoms with van der Waals surface area (Å²) in [7, 11) is 1.72. The highest BCUT2D eigenvalue weighted by Gasteiger charge is 2.20. The molecule has 0 atom stereocenters. The van der Waals surface area contributed by atoms with E-state index in [0.717, 1.165) is 16.5 Å². The molecule has 19 heavy (non-hydrogen) atoms. The van der Waals surface area contributed by atoms with Gasteiger partial charge in [0.1, 0.15) is 0 Å². The highest BCUT2D eigenvalue weighted by atomic mass is 16.3.